The lowest BCUT2D eigenvalue weighted by atomic mass is 10.0. The molecule has 0 aliphatic heterocycles. The van der Waals surface area contributed by atoms with Crippen molar-refractivity contribution in [3.8, 4) is 6.07 Å². The van der Waals surface area contributed by atoms with Crippen LogP contribution in [0.4, 0.5) is 13.2 Å². The average Bonchev–Trinajstić information content (AvgIpc) is 3.77. The molecule has 2 amide bonds. The molecule has 2 atom stereocenters. The van der Waals surface area contributed by atoms with E-state index in [1.54, 1.807) is 6.20 Å². The Balaban J connectivity index is 1.31. The number of rotatable bonds is 7. The van der Waals surface area contributed by atoms with Gasteiger partial charge in [0.1, 0.15) is 17.6 Å². The van der Waals surface area contributed by atoms with E-state index in [1.807, 2.05) is 6.07 Å². The zero-order valence-corrected chi connectivity index (χ0v) is 18.4. The van der Waals surface area contributed by atoms with Crippen LogP contribution in [0.15, 0.2) is 36.7 Å². The maximum atomic E-state index is 13.1. The van der Waals surface area contributed by atoms with Crippen molar-refractivity contribution in [2.45, 2.75) is 49.9 Å². The van der Waals surface area contributed by atoms with Crippen LogP contribution in [0.3, 0.4) is 0 Å². The molecule has 11 heteroatoms. The van der Waals surface area contributed by atoms with Crippen LogP contribution in [-0.4, -0.2) is 32.8 Å². The summed E-state index contributed by atoms with van der Waals surface area (Å²) >= 11 is 0. The van der Waals surface area contributed by atoms with Crippen molar-refractivity contribution in [2.24, 2.45) is 5.92 Å². The average molecular weight is 482 g/mol. The minimum Gasteiger partial charge on any atom is -0.344 e. The minimum atomic E-state index is -4.50. The number of aromatic nitrogens is 3. The van der Waals surface area contributed by atoms with Gasteiger partial charge in [-0.1, -0.05) is 12.1 Å². The number of carbonyl (C=O) groups excluding carboxylic acids is 2. The first kappa shape index (κ1) is 22.8. The predicted molar refractivity (Wildman–Crippen MR) is 118 cm³/mol. The normalized spacial score (nSPS) is 17.4. The van der Waals surface area contributed by atoms with E-state index in [-0.39, 0.29) is 17.0 Å². The molecule has 2 saturated carbocycles. The fourth-order valence-electron chi connectivity index (χ4n) is 3.99. The van der Waals surface area contributed by atoms with E-state index >= 15 is 0 Å². The van der Waals surface area contributed by atoms with Crippen LogP contribution in [0.2, 0.25) is 0 Å². The van der Waals surface area contributed by atoms with E-state index in [9.17, 15) is 28.0 Å². The second-order valence-corrected chi connectivity index (χ2v) is 8.95. The standard InChI is InChI=1S/C24H21F3N6O2/c25-24(26,27)15-7-5-12(6-8-15)17(9-28)32-23(35)19(14-3-4-14)33-22(34)16-10-29-21-20(16)31-18(11-30-21)13-1-2-13/h5-8,10-11,13-14,17,19H,1-4H2,(H,29,30)(H,32,35)(H,33,34)/t17?,19-/m1/s1. The maximum absolute atomic E-state index is 13.1. The largest absolute Gasteiger partial charge is 0.416 e. The summed E-state index contributed by atoms with van der Waals surface area (Å²) in [5.74, 6) is -0.800. The highest BCUT2D eigenvalue weighted by Crippen LogP contribution is 2.39. The van der Waals surface area contributed by atoms with E-state index in [0.717, 1.165) is 55.6 Å². The fraction of sp³-hybridized carbons (Fsp3) is 0.375. The molecule has 2 fully saturated rings. The van der Waals surface area contributed by atoms with Gasteiger partial charge in [-0.25, -0.2) is 9.97 Å². The molecule has 2 aliphatic rings. The van der Waals surface area contributed by atoms with E-state index in [1.165, 1.54) is 6.20 Å². The molecular weight excluding hydrogens is 461 g/mol. The number of fused-ring (bicyclic) bond motifs is 1. The molecule has 0 spiro atoms. The lowest BCUT2D eigenvalue weighted by Gasteiger charge is -2.20. The Bertz CT molecular complexity index is 1320. The van der Waals surface area contributed by atoms with Gasteiger partial charge < -0.3 is 15.6 Å². The minimum absolute atomic E-state index is 0.0933. The predicted octanol–water partition coefficient (Wildman–Crippen LogP) is 3.74. The molecule has 2 aromatic heterocycles. The van der Waals surface area contributed by atoms with Gasteiger partial charge in [0.15, 0.2) is 5.65 Å². The van der Waals surface area contributed by atoms with Gasteiger partial charge in [-0.05, 0) is 49.3 Å². The maximum Gasteiger partial charge on any atom is 0.416 e. The second kappa shape index (κ2) is 8.69. The van der Waals surface area contributed by atoms with Crippen LogP contribution >= 0.6 is 0 Å². The Kier molecular flexibility index (Phi) is 5.67. The Labute approximate surface area is 197 Å². The molecule has 1 unspecified atom stereocenters. The number of amides is 2. The summed E-state index contributed by atoms with van der Waals surface area (Å²) in [6.07, 6.45) is 2.23. The summed E-state index contributed by atoms with van der Waals surface area (Å²) in [5, 5.41) is 14.8. The third-order valence-electron chi connectivity index (χ3n) is 6.29. The zero-order valence-electron chi connectivity index (χ0n) is 18.4. The first-order valence-electron chi connectivity index (χ1n) is 11.3. The van der Waals surface area contributed by atoms with Gasteiger partial charge >= 0.3 is 6.18 Å². The van der Waals surface area contributed by atoms with Gasteiger partial charge in [0.25, 0.3) is 5.91 Å². The molecule has 180 valence electrons. The molecule has 2 aliphatic carbocycles. The molecular formula is C24H21F3N6O2. The molecule has 3 N–H and O–H groups in total. The fourth-order valence-corrected chi connectivity index (χ4v) is 3.99. The van der Waals surface area contributed by atoms with Crippen LogP contribution in [0.1, 0.15) is 64.8 Å². The van der Waals surface area contributed by atoms with E-state index < -0.39 is 35.6 Å². The number of halogens is 3. The third kappa shape index (κ3) is 4.82. The number of nitrogens with one attached hydrogen (secondary N) is 3. The zero-order chi connectivity index (χ0) is 24.7. The second-order valence-electron chi connectivity index (χ2n) is 8.95. The summed E-state index contributed by atoms with van der Waals surface area (Å²) in [7, 11) is 0. The van der Waals surface area contributed by atoms with Gasteiger partial charge in [0.05, 0.1) is 29.1 Å². The van der Waals surface area contributed by atoms with Crippen LogP contribution in [0.25, 0.3) is 11.2 Å². The van der Waals surface area contributed by atoms with Gasteiger partial charge in [-0.15, -0.1) is 0 Å². The molecule has 8 nitrogen and oxygen atoms in total. The van der Waals surface area contributed by atoms with Crippen LogP contribution < -0.4 is 10.6 Å². The topological polar surface area (TPSA) is 124 Å². The van der Waals surface area contributed by atoms with E-state index in [2.05, 4.69) is 25.6 Å². The molecule has 2 heterocycles. The molecule has 35 heavy (non-hydrogen) atoms. The van der Waals surface area contributed by atoms with Crippen molar-refractivity contribution in [1.29, 1.82) is 5.26 Å². The number of alkyl halides is 3. The van der Waals surface area contributed by atoms with Crippen molar-refractivity contribution in [2.75, 3.05) is 0 Å². The molecule has 0 saturated heterocycles. The lowest BCUT2D eigenvalue weighted by molar-refractivity contribution is -0.137. The highest BCUT2D eigenvalue weighted by atomic mass is 19.4. The molecule has 0 radical (unpaired) electrons. The summed E-state index contributed by atoms with van der Waals surface area (Å²) in [6.45, 7) is 0. The van der Waals surface area contributed by atoms with Gasteiger partial charge in [0.2, 0.25) is 5.91 Å². The quantitative estimate of drug-likeness (QED) is 0.473. The first-order chi connectivity index (χ1) is 16.7. The van der Waals surface area contributed by atoms with Crippen molar-refractivity contribution in [3.05, 3.63) is 59.0 Å². The summed E-state index contributed by atoms with van der Waals surface area (Å²) in [6, 6.07) is 3.88. The van der Waals surface area contributed by atoms with Crippen molar-refractivity contribution in [3.63, 3.8) is 0 Å². The molecule has 3 aromatic rings. The van der Waals surface area contributed by atoms with Crippen LogP contribution in [0.5, 0.6) is 0 Å². The monoisotopic (exact) mass is 482 g/mol. The Morgan fingerprint density at radius 1 is 1.11 bits per heavy atom. The number of hydrogen-bond acceptors (Lipinski definition) is 5. The van der Waals surface area contributed by atoms with Crippen molar-refractivity contribution < 1.29 is 22.8 Å². The molecule has 1 aromatic carbocycles. The Morgan fingerprint density at radius 2 is 1.83 bits per heavy atom. The molecule has 0 bridgehead atoms. The Morgan fingerprint density at radius 3 is 2.43 bits per heavy atom. The first-order valence-corrected chi connectivity index (χ1v) is 11.3. The van der Waals surface area contributed by atoms with Crippen molar-refractivity contribution >= 4 is 23.0 Å². The highest BCUT2D eigenvalue weighted by molar-refractivity contribution is 6.06. The molecule has 5 rings (SSSR count). The number of hydrogen-bond donors (Lipinski definition) is 3. The summed E-state index contributed by atoms with van der Waals surface area (Å²) in [5.41, 5.74) is 1.37. The van der Waals surface area contributed by atoms with Gasteiger partial charge in [-0.2, -0.15) is 18.4 Å². The number of benzene rings is 1. The van der Waals surface area contributed by atoms with E-state index in [4.69, 9.17) is 0 Å². The number of nitriles is 1. The van der Waals surface area contributed by atoms with Gasteiger partial charge in [-0.3, -0.25) is 9.59 Å². The summed E-state index contributed by atoms with van der Waals surface area (Å²) < 4.78 is 38.5. The van der Waals surface area contributed by atoms with Crippen LogP contribution in [-0.2, 0) is 11.0 Å². The smallest absolute Gasteiger partial charge is 0.344 e. The van der Waals surface area contributed by atoms with Crippen molar-refractivity contribution in [1.82, 2.24) is 25.6 Å². The van der Waals surface area contributed by atoms with E-state index in [0.29, 0.717) is 17.1 Å². The highest BCUT2D eigenvalue weighted by Gasteiger charge is 2.39. The van der Waals surface area contributed by atoms with Gasteiger partial charge in [0, 0.05) is 12.1 Å². The Hall–Kier alpha value is -3.94. The van der Waals surface area contributed by atoms with Crippen LogP contribution in [0, 0.1) is 17.2 Å². The number of H-pyrrole nitrogens is 1. The SMILES string of the molecule is N#CC(NC(=O)[C@H](NC(=O)c1c[nH]c2ncc(C3CC3)nc12)C1CC1)c1ccc(C(F)(F)F)cc1. The lowest BCUT2D eigenvalue weighted by Crippen LogP contribution is -2.48. The third-order valence-corrected chi connectivity index (χ3v) is 6.29. The number of aromatic amines is 1. The number of nitrogens with zero attached hydrogens (tertiary/aromatic N) is 3. The summed E-state index contributed by atoms with van der Waals surface area (Å²) in [4.78, 5) is 37.9. The number of carbonyl (C=O) groups is 2.